The number of nitrogens with zero attached hydrogens (tertiary/aromatic N) is 1. The summed E-state index contributed by atoms with van der Waals surface area (Å²) in [5.41, 5.74) is 2.50. The predicted molar refractivity (Wildman–Crippen MR) is 99.8 cm³/mol. The molecule has 1 aromatic heterocycles. The average molecular weight is 359 g/mol. The van der Waals surface area contributed by atoms with Crippen molar-refractivity contribution in [2.24, 2.45) is 0 Å². The molecular weight excluding hydrogens is 330 g/mol. The van der Waals surface area contributed by atoms with Crippen LogP contribution in [0.2, 0.25) is 0 Å². The van der Waals surface area contributed by atoms with Gasteiger partial charge in [-0.25, -0.2) is 0 Å². The third kappa shape index (κ3) is 6.25. The molecule has 142 valence electrons. The van der Waals surface area contributed by atoms with Crippen LogP contribution in [-0.4, -0.2) is 48.5 Å². The fourth-order valence-electron chi connectivity index (χ4n) is 3.27. The highest BCUT2D eigenvalue weighted by Gasteiger charge is 2.21. The monoisotopic (exact) mass is 359 g/mol. The van der Waals surface area contributed by atoms with Crippen LogP contribution in [0.5, 0.6) is 0 Å². The molecule has 0 saturated carbocycles. The first-order valence-electron chi connectivity index (χ1n) is 9.37. The summed E-state index contributed by atoms with van der Waals surface area (Å²) in [6.45, 7) is 5.81. The minimum atomic E-state index is -0.545. The lowest BCUT2D eigenvalue weighted by Gasteiger charge is -2.27. The summed E-state index contributed by atoms with van der Waals surface area (Å²) >= 11 is 0. The molecule has 2 aromatic rings. The lowest BCUT2D eigenvalue weighted by atomic mass is 10.1. The smallest absolute Gasteiger partial charge is 0.129 e. The Morgan fingerprint density at radius 2 is 2.12 bits per heavy atom. The van der Waals surface area contributed by atoms with Gasteiger partial charge in [-0.1, -0.05) is 29.8 Å². The normalized spacial score (nSPS) is 18.5. The standard InChI is InChI=1S/C21H29NO4/c1-17-6-8-18(9-7-17)12-22(14-20-4-2-10-25-20)13-19(23)15-24-16-21-5-3-11-26-21/h3,5-9,11,19-20,23H,2,4,10,12-16H2,1H3/t19-,20-/m1/s1. The van der Waals surface area contributed by atoms with Gasteiger partial charge < -0.3 is 19.0 Å². The van der Waals surface area contributed by atoms with Gasteiger partial charge in [0.2, 0.25) is 0 Å². The van der Waals surface area contributed by atoms with Gasteiger partial charge in [-0.15, -0.1) is 0 Å². The lowest BCUT2D eigenvalue weighted by molar-refractivity contribution is -0.00635. The highest BCUT2D eigenvalue weighted by molar-refractivity contribution is 5.21. The van der Waals surface area contributed by atoms with E-state index in [0.29, 0.717) is 13.2 Å². The van der Waals surface area contributed by atoms with E-state index in [4.69, 9.17) is 13.9 Å². The molecule has 0 aliphatic carbocycles. The Labute approximate surface area is 155 Å². The van der Waals surface area contributed by atoms with Crippen LogP contribution in [0.3, 0.4) is 0 Å². The average Bonchev–Trinajstić information content (AvgIpc) is 3.31. The van der Waals surface area contributed by atoms with Crippen LogP contribution in [0.25, 0.3) is 0 Å². The zero-order valence-electron chi connectivity index (χ0n) is 15.5. The van der Waals surface area contributed by atoms with Crippen LogP contribution in [0.1, 0.15) is 29.7 Å². The van der Waals surface area contributed by atoms with E-state index in [2.05, 4.69) is 36.1 Å². The molecule has 1 N–H and O–H groups in total. The SMILES string of the molecule is Cc1ccc(CN(C[C@@H](O)COCc2ccco2)C[C@H]2CCCO2)cc1. The van der Waals surface area contributed by atoms with Crippen molar-refractivity contribution >= 4 is 0 Å². The quantitative estimate of drug-likeness (QED) is 0.706. The van der Waals surface area contributed by atoms with Crippen LogP contribution < -0.4 is 0 Å². The Hall–Kier alpha value is -1.66. The molecule has 0 amide bonds. The van der Waals surface area contributed by atoms with E-state index < -0.39 is 6.10 Å². The highest BCUT2D eigenvalue weighted by atomic mass is 16.5. The summed E-state index contributed by atoms with van der Waals surface area (Å²) in [5, 5.41) is 10.4. The van der Waals surface area contributed by atoms with E-state index >= 15 is 0 Å². The maximum absolute atomic E-state index is 10.4. The molecule has 1 saturated heterocycles. The van der Waals surface area contributed by atoms with Crippen molar-refractivity contribution in [2.45, 2.75) is 45.1 Å². The zero-order valence-corrected chi connectivity index (χ0v) is 15.5. The van der Waals surface area contributed by atoms with Crippen LogP contribution in [0.15, 0.2) is 47.1 Å². The third-order valence-corrected chi connectivity index (χ3v) is 4.62. The molecular formula is C21H29NO4. The van der Waals surface area contributed by atoms with Gasteiger partial charge in [-0.05, 0) is 37.5 Å². The molecule has 0 radical (unpaired) electrons. The van der Waals surface area contributed by atoms with Gasteiger partial charge >= 0.3 is 0 Å². The van der Waals surface area contributed by atoms with Gasteiger partial charge in [0.15, 0.2) is 0 Å². The van der Waals surface area contributed by atoms with Crippen LogP contribution in [-0.2, 0) is 22.6 Å². The van der Waals surface area contributed by atoms with E-state index in [1.54, 1.807) is 6.26 Å². The number of aliphatic hydroxyl groups excluding tert-OH is 1. The van der Waals surface area contributed by atoms with Gasteiger partial charge in [-0.2, -0.15) is 0 Å². The van der Waals surface area contributed by atoms with Crippen LogP contribution in [0.4, 0.5) is 0 Å². The summed E-state index contributed by atoms with van der Waals surface area (Å²) < 4.78 is 16.6. The van der Waals surface area contributed by atoms with E-state index in [9.17, 15) is 5.11 Å². The number of benzene rings is 1. The first-order valence-corrected chi connectivity index (χ1v) is 9.37. The van der Waals surface area contributed by atoms with Gasteiger partial charge in [-0.3, -0.25) is 4.90 Å². The summed E-state index contributed by atoms with van der Waals surface area (Å²) in [7, 11) is 0. The minimum Gasteiger partial charge on any atom is -0.467 e. The van der Waals surface area contributed by atoms with E-state index in [-0.39, 0.29) is 12.7 Å². The number of furan rings is 1. The Kier molecular flexibility index (Phi) is 7.26. The molecule has 1 aliphatic heterocycles. The fourth-order valence-corrected chi connectivity index (χ4v) is 3.27. The molecule has 1 aromatic carbocycles. The van der Waals surface area contributed by atoms with Gasteiger partial charge in [0.1, 0.15) is 12.4 Å². The van der Waals surface area contributed by atoms with E-state index in [1.165, 1.54) is 11.1 Å². The van der Waals surface area contributed by atoms with Gasteiger partial charge in [0.05, 0.1) is 25.1 Å². The largest absolute Gasteiger partial charge is 0.467 e. The topological polar surface area (TPSA) is 55.1 Å². The Morgan fingerprint density at radius 3 is 2.81 bits per heavy atom. The number of rotatable bonds is 10. The van der Waals surface area contributed by atoms with Gasteiger partial charge in [0, 0.05) is 26.2 Å². The number of aliphatic hydroxyl groups is 1. The molecule has 1 fully saturated rings. The summed E-state index contributed by atoms with van der Waals surface area (Å²) in [6, 6.07) is 12.3. The second-order valence-corrected chi connectivity index (χ2v) is 7.06. The van der Waals surface area contributed by atoms with Crippen molar-refractivity contribution in [3.05, 3.63) is 59.5 Å². The molecule has 1 aliphatic rings. The number of aryl methyl sites for hydroxylation is 1. The van der Waals surface area contributed by atoms with Crippen molar-refractivity contribution in [1.29, 1.82) is 0 Å². The predicted octanol–water partition coefficient (Wildman–Crippen LogP) is 3.15. The maximum atomic E-state index is 10.4. The maximum Gasteiger partial charge on any atom is 0.129 e. The van der Waals surface area contributed by atoms with Crippen LogP contribution in [0, 0.1) is 6.92 Å². The highest BCUT2D eigenvalue weighted by Crippen LogP contribution is 2.16. The van der Waals surface area contributed by atoms with Gasteiger partial charge in [0.25, 0.3) is 0 Å². The molecule has 26 heavy (non-hydrogen) atoms. The molecule has 5 nitrogen and oxygen atoms in total. The number of ether oxygens (including phenoxy) is 2. The molecule has 0 unspecified atom stereocenters. The fraction of sp³-hybridized carbons (Fsp3) is 0.524. The van der Waals surface area contributed by atoms with Crippen molar-refractivity contribution < 1.29 is 19.0 Å². The number of hydrogen-bond acceptors (Lipinski definition) is 5. The summed E-state index contributed by atoms with van der Waals surface area (Å²) in [6.07, 6.45) is 3.56. The molecule has 3 rings (SSSR count). The Bertz CT molecular complexity index is 620. The molecule has 0 spiro atoms. The van der Waals surface area contributed by atoms with Crippen molar-refractivity contribution in [2.75, 3.05) is 26.3 Å². The lowest BCUT2D eigenvalue weighted by Crippen LogP contribution is -2.39. The summed E-state index contributed by atoms with van der Waals surface area (Å²) in [5.74, 6) is 0.771. The van der Waals surface area contributed by atoms with Crippen LogP contribution >= 0.6 is 0 Å². The third-order valence-electron chi connectivity index (χ3n) is 4.62. The first-order chi connectivity index (χ1) is 12.7. The van der Waals surface area contributed by atoms with E-state index in [1.807, 2.05) is 12.1 Å². The van der Waals surface area contributed by atoms with Crippen molar-refractivity contribution in [3.63, 3.8) is 0 Å². The second-order valence-electron chi connectivity index (χ2n) is 7.06. The summed E-state index contributed by atoms with van der Waals surface area (Å²) in [4.78, 5) is 2.27. The number of hydrogen-bond donors (Lipinski definition) is 1. The molecule has 5 heteroatoms. The molecule has 0 bridgehead atoms. The van der Waals surface area contributed by atoms with Crippen molar-refractivity contribution in [1.82, 2.24) is 4.90 Å². The molecule has 2 heterocycles. The first kappa shape index (κ1) is 19.1. The second kappa shape index (κ2) is 9.88. The Morgan fingerprint density at radius 1 is 1.27 bits per heavy atom. The minimum absolute atomic E-state index is 0.261. The molecule has 2 atom stereocenters. The van der Waals surface area contributed by atoms with E-state index in [0.717, 1.165) is 38.3 Å². The Balaban J connectivity index is 1.50. The van der Waals surface area contributed by atoms with Crippen molar-refractivity contribution in [3.8, 4) is 0 Å². The zero-order chi connectivity index (χ0) is 18.2.